The summed E-state index contributed by atoms with van der Waals surface area (Å²) in [6.07, 6.45) is 6.08. The lowest BCUT2D eigenvalue weighted by atomic mass is 10.0. The number of hydrogen-bond acceptors (Lipinski definition) is 5. The average molecular weight is 606 g/mol. The standard InChI is InChI=1S/C36H47NO7/c1-26-17-18-28(23-27(26)2)13-7-4-3-5-12-22-43-33(34(36(41)42)44-25-32(38)39)35(40)37-21-11-6-8-14-29-19-20-30-15-9-10-16-31(30)24-29/h9-10,15-20,23-24,33-34H,3-8,11-14,21-22,25H2,1-2H3,(H,37,40)(H,38,39)(H,41,42). The van der Waals surface area contributed by atoms with Crippen LogP contribution in [0.3, 0.4) is 0 Å². The quantitative estimate of drug-likeness (QED) is 0.120. The second kappa shape index (κ2) is 18.8. The zero-order chi connectivity index (χ0) is 31.7. The predicted molar refractivity (Wildman–Crippen MR) is 172 cm³/mol. The Hall–Kier alpha value is -3.75. The summed E-state index contributed by atoms with van der Waals surface area (Å²) in [7, 11) is 0. The van der Waals surface area contributed by atoms with Crippen LogP contribution in [0, 0.1) is 13.8 Å². The molecule has 0 saturated heterocycles. The highest BCUT2D eigenvalue weighted by atomic mass is 16.6. The van der Waals surface area contributed by atoms with Gasteiger partial charge in [0.15, 0.2) is 12.2 Å². The molecule has 3 rings (SSSR count). The van der Waals surface area contributed by atoms with Crippen molar-refractivity contribution < 1.29 is 34.1 Å². The van der Waals surface area contributed by atoms with Gasteiger partial charge in [0.25, 0.3) is 5.91 Å². The fourth-order valence-corrected chi connectivity index (χ4v) is 5.22. The number of nitrogens with one attached hydrogen (secondary N) is 1. The number of hydrogen-bond donors (Lipinski definition) is 3. The summed E-state index contributed by atoms with van der Waals surface area (Å²) in [5, 5.41) is 23.8. The summed E-state index contributed by atoms with van der Waals surface area (Å²) in [6.45, 7) is 3.95. The number of carboxylic acids is 2. The SMILES string of the molecule is Cc1ccc(CCCCCCCOC(C(=O)NCCCCCc2ccc3ccccc3c2)C(OCC(=O)O)C(=O)O)cc1C. The molecule has 0 fully saturated rings. The number of carbonyl (C=O) groups excluding carboxylic acids is 1. The molecule has 3 N–H and O–H groups in total. The number of carbonyl (C=O) groups is 3. The van der Waals surface area contributed by atoms with E-state index in [1.165, 1.54) is 33.0 Å². The minimum absolute atomic E-state index is 0.182. The first-order valence-corrected chi connectivity index (χ1v) is 15.7. The van der Waals surface area contributed by atoms with Crippen LogP contribution < -0.4 is 5.32 Å². The van der Waals surface area contributed by atoms with Gasteiger partial charge in [0.2, 0.25) is 0 Å². The van der Waals surface area contributed by atoms with Gasteiger partial charge in [-0.05, 0) is 85.4 Å². The van der Waals surface area contributed by atoms with Crippen LogP contribution in [-0.4, -0.2) is 60.0 Å². The van der Waals surface area contributed by atoms with Crippen molar-refractivity contribution in [2.45, 2.75) is 90.3 Å². The lowest BCUT2D eigenvalue weighted by Gasteiger charge is -2.23. The van der Waals surface area contributed by atoms with E-state index in [0.29, 0.717) is 13.0 Å². The molecule has 238 valence electrons. The van der Waals surface area contributed by atoms with Crippen molar-refractivity contribution in [1.82, 2.24) is 5.32 Å². The van der Waals surface area contributed by atoms with E-state index in [1.807, 2.05) is 12.1 Å². The molecule has 3 aromatic rings. The van der Waals surface area contributed by atoms with E-state index in [1.54, 1.807) is 0 Å². The molecule has 3 aromatic carbocycles. The van der Waals surface area contributed by atoms with Crippen LogP contribution in [0.15, 0.2) is 60.7 Å². The van der Waals surface area contributed by atoms with Crippen molar-refractivity contribution in [2.75, 3.05) is 19.8 Å². The maximum absolute atomic E-state index is 13.0. The number of ether oxygens (including phenoxy) is 2. The molecule has 0 aliphatic heterocycles. The third kappa shape index (κ3) is 12.1. The number of carboxylic acid groups (broad SMARTS) is 2. The Labute approximate surface area is 260 Å². The largest absolute Gasteiger partial charge is 0.480 e. The van der Waals surface area contributed by atoms with E-state index in [2.05, 4.69) is 67.7 Å². The Morgan fingerprint density at radius 2 is 1.32 bits per heavy atom. The van der Waals surface area contributed by atoms with Crippen LogP contribution in [0.1, 0.15) is 73.6 Å². The van der Waals surface area contributed by atoms with Crippen molar-refractivity contribution in [3.63, 3.8) is 0 Å². The molecule has 44 heavy (non-hydrogen) atoms. The number of aryl methyl sites for hydroxylation is 4. The second-order valence-electron chi connectivity index (χ2n) is 11.5. The molecule has 0 aromatic heterocycles. The minimum atomic E-state index is -1.71. The van der Waals surface area contributed by atoms with Gasteiger partial charge in [-0.2, -0.15) is 0 Å². The average Bonchev–Trinajstić information content (AvgIpc) is 3.00. The van der Waals surface area contributed by atoms with Crippen molar-refractivity contribution in [2.24, 2.45) is 0 Å². The first-order chi connectivity index (χ1) is 21.2. The van der Waals surface area contributed by atoms with Crippen molar-refractivity contribution in [3.05, 3.63) is 82.9 Å². The zero-order valence-electron chi connectivity index (χ0n) is 26.1. The molecular formula is C36H47NO7. The topological polar surface area (TPSA) is 122 Å². The highest BCUT2D eigenvalue weighted by Crippen LogP contribution is 2.18. The van der Waals surface area contributed by atoms with Gasteiger partial charge in [-0.25, -0.2) is 9.59 Å². The van der Waals surface area contributed by atoms with Gasteiger partial charge in [0.1, 0.15) is 6.61 Å². The summed E-state index contributed by atoms with van der Waals surface area (Å²) in [4.78, 5) is 35.9. The lowest BCUT2D eigenvalue weighted by molar-refractivity contribution is -0.172. The van der Waals surface area contributed by atoms with Crippen LogP contribution >= 0.6 is 0 Å². The molecule has 0 bridgehead atoms. The minimum Gasteiger partial charge on any atom is -0.480 e. The number of rotatable bonds is 21. The Balaban J connectivity index is 1.38. The Kier molecular flexibility index (Phi) is 14.9. The van der Waals surface area contributed by atoms with Gasteiger partial charge in [0.05, 0.1) is 0 Å². The third-order valence-electron chi connectivity index (χ3n) is 7.90. The van der Waals surface area contributed by atoms with E-state index in [-0.39, 0.29) is 6.61 Å². The molecule has 0 spiro atoms. The maximum atomic E-state index is 13.0. The summed E-state index contributed by atoms with van der Waals surface area (Å²) in [5.41, 5.74) is 5.22. The summed E-state index contributed by atoms with van der Waals surface area (Å²) in [6, 6.07) is 21.3. The number of fused-ring (bicyclic) bond motifs is 1. The number of aliphatic carboxylic acids is 2. The molecule has 8 nitrogen and oxygen atoms in total. The normalized spacial score (nSPS) is 12.6. The van der Waals surface area contributed by atoms with Gasteiger partial charge in [-0.3, -0.25) is 4.79 Å². The second-order valence-corrected chi connectivity index (χ2v) is 11.5. The third-order valence-corrected chi connectivity index (χ3v) is 7.90. The number of unbranched alkanes of at least 4 members (excludes halogenated alkanes) is 6. The smallest absolute Gasteiger partial charge is 0.336 e. The molecule has 0 saturated carbocycles. The molecule has 1 amide bonds. The van der Waals surface area contributed by atoms with Gasteiger partial charge in [0, 0.05) is 13.2 Å². The Morgan fingerprint density at radius 1 is 0.682 bits per heavy atom. The van der Waals surface area contributed by atoms with E-state index in [4.69, 9.17) is 14.6 Å². The van der Waals surface area contributed by atoms with Crippen LogP contribution in [0.25, 0.3) is 10.8 Å². The highest BCUT2D eigenvalue weighted by molar-refractivity contribution is 5.88. The van der Waals surface area contributed by atoms with Crippen LogP contribution in [-0.2, 0) is 36.7 Å². The van der Waals surface area contributed by atoms with Crippen LogP contribution in [0.4, 0.5) is 0 Å². The number of benzene rings is 3. The molecule has 0 heterocycles. The van der Waals surface area contributed by atoms with Crippen LogP contribution in [0.2, 0.25) is 0 Å². The zero-order valence-corrected chi connectivity index (χ0v) is 26.1. The molecule has 2 atom stereocenters. The lowest BCUT2D eigenvalue weighted by Crippen LogP contribution is -2.49. The van der Waals surface area contributed by atoms with Crippen molar-refractivity contribution >= 4 is 28.6 Å². The monoisotopic (exact) mass is 605 g/mol. The van der Waals surface area contributed by atoms with E-state index >= 15 is 0 Å². The predicted octanol–water partition coefficient (Wildman–Crippen LogP) is 6.42. The summed E-state index contributed by atoms with van der Waals surface area (Å²) in [5.74, 6) is -3.36. The Morgan fingerprint density at radius 3 is 2.02 bits per heavy atom. The van der Waals surface area contributed by atoms with Crippen molar-refractivity contribution in [3.8, 4) is 0 Å². The van der Waals surface area contributed by atoms with Crippen molar-refractivity contribution in [1.29, 1.82) is 0 Å². The number of amides is 1. The van der Waals surface area contributed by atoms with E-state index < -0.39 is 36.7 Å². The molecular weight excluding hydrogens is 558 g/mol. The Bertz CT molecular complexity index is 1360. The molecule has 0 aliphatic carbocycles. The van der Waals surface area contributed by atoms with Gasteiger partial charge in [-0.1, -0.05) is 86.3 Å². The summed E-state index contributed by atoms with van der Waals surface area (Å²) < 4.78 is 10.8. The first kappa shape index (κ1) is 34.7. The fraction of sp³-hybridized carbons (Fsp3) is 0.472. The molecule has 8 heteroatoms. The molecule has 0 aliphatic rings. The van der Waals surface area contributed by atoms with Gasteiger partial charge in [-0.15, -0.1) is 0 Å². The fourth-order valence-electron chi connectivity index (χ4n) is 5.22. The van der Waals surface area contributed by atoms with E-state index in [9.17, 15) is 19.5 Å². The molecule has 2 unspecified atom stereocenters. The van der Waals surface area contributed by atoms with E-state index in [0.717, 1.165) is 57.8 Å². The van der Waals surface area contributed by atoms with Crippen LogP contribution in [0.5, 0.6) is 0 Å². The van der Waals surface area contributed by atoms with Gasteiger partial charge >= 0.3 is 11.9 Å². The van der Waals surface area contributed by atoms with Gasteiger partial charge < -0.3 is 25.0 Å². The molecule has 0 radical (unpaired) electrons. The summed E-state index contributed by atoms with van der Waals surface area (Å²) >= 11 is 0. The maximum Gasteiger partial charge on any atom is 0.336 e. The highest BCUT2D eigenvalue weighted by Gasteiger charge is 2.36. The first-order valence-electron chi connectivity index (χ1n) is 15.7.